The van der Waals surface area contributed by atoms with Crippen LogP contribution in [0.4, 0.5) is 0 Å². The van der Waals surface area contributed by atoms with Gasteiger partial charge in [-0.1, -0.05) is 30.3 Å². The molecule has 0 fully saturated rings. The number of ether oxygens (including phenoxy) is 1. The van der Waals surface area contributed by atoms with Crippen LogP contribution in [0.1, 0.15) is 11.1 Å². The molecule has 0 bridgehead atoms. The summed E-state index contributed by atoms with van der Waals surface area (Å²) in [7, 11) is 1.67. The Bertz CT molecular complexity index is 570. The lowest BCUT2D eigenvalue weighted by molar-refractivity contribution is 0.408. The van der Waals surface area contributed by atoms with Gasteiger partial charge in [0.25, 0.3) is 0 Å². The average molecular weight is 366 g/mol. The minimum Gasteiger partial charge on any atom is -0.496 e. The van der Waals surface area contributed by atoms with Gasteiger partial charge in [-0.25, -0.2) is 0 Å². The molecular formula is C15H15IN2O. The van der Waals surface area contributed by atoms with Crippen LogP contribution in [0.15, 0.2) is 53.6 Å². The molecule has 0 radical (unpaired) electrons. The van der Waals surface area contributed by atoms with Gasteiger partial charge in [0.05, 0.1) is 19.9 Å². The van der Waals surface area contributed by atoms with Crippen molar-refractivity contribution in [3.8, 4) is 5.75 Å². The van der Waals surface area contributed by atoms with Crippen molar-refractivity contribution in [2.75, 3.05) is 7.11 Å². The summed E-state index contributed by atoms with van der Waals surface area (Å²) in [5.74, 6) is 0.874. The fraction of sp³-hybridized carbons (Fsp3) is 0.133. The van der Waals surface area contributed by atoms with Gasteiger partial charge in [0.1, 0.15) is 5.75 Å². The van der Waals surface area contributed by atoms with Gasteiger partial charge in [-0.15, -0.1) is 0 Å². The Kier molecular flexibility index (Phi) is 5.20. The molecule has 2 rings (SSSR count). The van der Waals surface area contributed by atoms with E-state index < -0.39 is 0 Å². The molecule has 0 unspecified atom stereocenters. The highest BCUT2D eigenvalue weighted by Crippen LogP contribution is 2.16. The van der Waals surface area contributed by atoms with Gasteiger partial charge in [-0.2, -0.15) is 5.10 Å². The predicted octanol–water partition coefficient (Wildman–Crippen LogP) is 3.42. The van der Waals surface area contributed by atoms with E-state index >= 15 is 0 Å². The first kappa shape index (κ1) is 13.9. The normalized spacial score (nSPS) is 10.6. The molecule has 0 spiro atoms. The van der Waals surface area contributed by atoms with E-state index in [2.05, 4.69) is 45.3 Å². The van der Waals surface area contributed by atoms with E-state index in [0.717, 1.165) is 16.9 Å². The van der Waals surface area contributed by atoms with Crippen LogP contribution >= 0.6 is 22.6 Å². The summed E-state index contributed by atoms with van der Waals surface area (Å²) in [5.41, 5.74) is 5.20. The zero-order valence-corrected chi connectivity index (χ0v) is 12.8. The van der Waals surface area contributed by atoms with Crippen molar-refractivity contribution < 1.29 is 4.74 Å². The Labute approximate surface area is 126 Å². The number of nitrogens with one attached hydrogen (secondary N) is 1. The molecule has 0 aliphatic carbocycles. The van der Waals surface area contributed by atoms with Gasteiger partial charge < -0.3 is 10.2 Å². The van der Waals surface area contributed by atoms with E-state index in [1.807, 2.05) is 42.6 Å². The van der Waals surface area contributed by atoms with E-state index in [1.165, 1.54) is 3.57 Å². The summed E-state index contributed by atoms with van der Waals surface area (Å²) in [5, 5.41) is 4.22. The van der Waals surface area contributed by atoms with Crippen molar-refractivity contribution in [1.29, 1.82) is 0 Å². The molecule has 0 aliphatic heterocycles. The minimum absolute atomic E-state index is 0.643. The highest BCUT2D eigenvalue weighted by Gasteiger charge is 1.99. The third-order valence-corrected chi connectivity index (χ3v) is 3.29. The molecule has 1 N–H and O–H groups in total. The van der Waals surface area contributed by atoms with E-state index in [9.17, 15) is 0 Å². The highest BCUT2D eigenvalue weighted by atomic mass is 127. The average Bonchev–Trinajstić information content (AvgIpc) is 2.44. The highest BCUT2D eigenvalue weighted by molar-refractivity contribution is 14.1. The number of hydrogen-bond donors (Lipinski definition) is 1. The van der Waals surface area contributed by atoms with Crippen LogP contribution in [0.25, 0.3) is 0 Å². The largest absolute Gasteiger partial charge is 0.496 e. The van der Waals surface area contributed by atoms with Crippen molar-refractivity contribution in [2.45, 2.75) is 6.54 Å². The maximum atomic E-state index is 5.28. The maximum absolute atomic E-state index is 5.28. The van der Waals surface area contributed by atoms with Crippen LogP contribution in [0.3, 0.4) is 0 Å². The third-order valence-electron chi connectivity index (χ3n) is 2.62. The Morgan fingerprint density at radius 3 is 2.84 bits per heavy atom. The van der Waals surface area contributed by atoms with Crippen LogP contribution < -0.4 is 10.2 Å². The van der Waals surface area contributed by atoms with Crippen molar-refractivity contribution >= 4 is 28.8 Å². The van der Waals surface area contributed by atoms with Gasteiger partial charge >= 0.3 is 0 Å². The predicted molar refractivity (Wildman–Crippen MR) is 86.6 cm³/mol. The molecule has 0 amide bonds. The molecule has 2 aromatic carbocycles. The standard InChI is InChI=1S/C15H15IN2O/c1-19-15-8-3-2-6-13(15)11-18-17-10-12-5-4-7-14(16)9-12/h2-10,18H,11H2,1H3/b17-10-. The first-order chi connectivity index (χ1) is 9.29. The Balaban J connectivity index is 1.93. The first-order valence-electron chi connectivity index (χ1n) is 5.93. The molecule has 0 aliphatic rings. The number of benzene rings is 2. The lowest BCUT2D eigenvalue weighted by atomic mass is 10.2. The number of rotatable bonds is 5. The molecule has 0 saturated heterocycles. The Morgan fingerprint density at radius 1 is 1.21 bits per heavy atom. The first-order valence-corrected chi connectivity index (χ1v) is 7.01. The maximum Gasteiger partial charge on any atom is 0.123 e. The molecule has 19 heavy (non-hydrogen) atoms. The van der Waals surface area contributed by atoms with E-state index in [0.29, 0.717) is 6.54 Å². The van der Waals surface area contributed by atoms with E-state index in [-0.39, 0.29) is 0 Å². The second-order valence-corrected chi connectivity index (χ2v) is 5.21. The molecule has 3 nitrogen and oxygen atoms in total. The van der Waals surface area contributed by atoms with Gasteiger partial charge in [0.2, 0.25) is 0 Å². The van der Waals surface area contributed by atoms with Crippen LogP contribution in [0.2, 0.25) is 0 Å². The number of hydrazone groups is 1. The second-order valence-electron chi connectivity index (χ2n) is 3.96. The number of halogens is 1. The van der Waals surface area contributed by atoms with E-state index in [4.69, 9.17) is 4.74 Å². The van der Waals surface area contributed by atoms with Gasteiger partial charge in [0, 0.05) is 9.13 Å². The van der Waals surface area contributed by atoms with E-state index in [1.54, 1.807) is 7.11 Å². The topological polar surface area (TPSA) is 33.6 Å². The Hall–Kier alpha value is -1.56. The lowest BCUT2D eigenvalue weighted by Crippen LogP contribution is -2.06. The van der Waals surface area contributed by atoms with Crippen LogP contribution in [0.5, 0.6) is 5.75 Å². The number of para-hydroxylation sites is 1. The molecule has 0 saturated carbocycles. The van der Waals surface area contributed by atoms with Crippen molar-refractivity contribution in [3.05, 3.63) is 63.2 Å². The minimum atomic E-state index is 0.643. The number of methoxy groups -OCH3 is 1. The van der Waals surface area contributed by atoms with Crippen molar-refractivity contribution in [1.82, 2.24) is 5.43 Å². The van der Waals surface area contributed by atoms with Crippen molar-refractivity contribution in [3.63, 3.8) is 0 Å². The summed E-state index contributed by atoms with van der Waals surface area (Å²) >= 11 is 2.29. The molecular weight excluding hydrogens is 351 g/mol. The monoisotopic (exact) mass is 366 g/mol. The van der Waals surface area contributed by atoms with Crippen LogP contribution in [-0.4, -0.2) is 13.3 Å². The fourth-order valence-corrected chi connectivity index (χ4v) is 2.25. The zero-order chi connectivity index (χ0) is 13.5. The third kappa shape index (κ3) is 4.24. The number of hydrogen-bond acceptors (Lipinski definition) is 3. The van der Waals surface area contributed by atoms with Gasteiger partial charge in [-0.05, 0) is 46.4 Å². The summed E-state index contributed by atoms with van der Waals surface area (Å²) in [6, 6.07) is 16.1. The molecule has 0 atom stereocenters. The molecule has 4 heteroatoms. The summed E-state index contributed by atoms with van der Waals surface area (Å²) < 4.78 is 6.48. The van der Waals surface area contributed by atoms with Gasteiger partial charge in [-0.3, -0.25) is 0 Å². The smallest absolute Gasteiger partial charge is 0.123 e. The molecule has 0 heterocycles. The van der Waals surface area contributed by atoms with Crippen molar-refractivity contribution in [2.24, 2.45) is 5.10 Å². The second kappa shape index (κ2) is 7.13. The molecule has 98 valence electrons. The molecule has 2 aromatic rings. The van der Waals surface area contributed by atoms with Gasteiger partial charge in [0.15, 0.2) is 0 Å². The van der Waals surface area contributed by atoms with Crippen LogP contribution in [0, 0.1) is 3.57 Å². The molecule has 0 aromatic heterocycles. The summed E-state index contributed by atoms with van der Waals surface area (Å²) in [6.45, 7) is 0.643. The summed E-state index contributed by atoms with van der Waals surface area (Å²) in [4.78, 5) is 0. The quantitative estimate of drug-likeness (QED) is 0.500. The number of nitrogens with zero attached hydrogens (tertiary/aromatic N) is 1. The lowest BCUT2D eigenvalue weighted by Gasteiger charge is -2.07. The Morgan fingerprint density at radius 2 is 2.05 bits per heavy atom. The summed E-state index contributed by atoms with van der Waals surface area (Å²) in [6.07, 6.45) is 1.82. The SMILES string of the molecule is COc1ccccc1CN/N=C\c1cccc(I)c1. The van der Waals surface area contributed by atoms with Crippen LogP contribution in [-0.2, 0) is 6.54 Å². The fourth-order valence-electron chi connectivity index (χ4n) is 1.69. The zero-order valence-electron chi connectivity index (χ0n) is 10.6.